The number of anilines is 1. The number of nitrogens with one attached hydrogen (secondary N) is 1. The zero-order chi connectivity index (χ0) is 26.7. The van der Waals surface area contributed by atoms with Crippen molar-refractivity contribution in [3.63, 3.8) is 0 Å². The molecule has 1 unspecified atom stereocenters. The average Bonchev–Trinajstić information content (AvgIpc) is 3.30. The summed E-state index contributed by atoms with van der Waals surface area (Å²) in [6, 6.07) is 16.9. The van der Waals surface area contributed by atoms with Gasteiger partial charge in [0.05, 0.1) is 12.7 Å². The monoisotopic (exact) mass is 520 g/mol. The normalized spacial score (nSPS) is 15.4. The van der Waals surface area contributed by atoms with Crippen LogP contribution in [0.25, 0.3) is 16.9 Å². The van der Waals surface area contributed by atoms with Gasteiger partial charge in [0.2, 0.25) is 5.91 Å². The van der Waals surface area contributed by atoms with Crippen LogP contribution in [0.15, 0.2) is 73.2 Å². The minimum atomic E-state index is -3.27. The molecule has 0 spiro atoms. The molecule has 2 aromatic carbocycles. The molecule has 1 aliphatic heterocycles. The summed E-state index contributed by atoms with van der Waals surface area (Å²) < 4.78 is 32.9. The van der Waals surface area contributed by atoms with Crippen LogP contribution >= 0.6 is 0 Å². The largest absolute Gasteiger partial charge is 0.433 e. The molecule has 10 heteroatoms. The van der Waals surface area contributed by atoms with Gasteiger partial charge in [0, 0.05) is 57.1 Å². The predicted molar refractivity (Wildman–Crippen MR) is 141 cm³/mol. The van der Waals surface area contributed by atoms with Crippen molar-refractivity contribution < 1.29 is 18.3 Å². The first-order valence-electron chi connectivity index (χ1n) is 12.6. The standard InChI is InChI=1S/C28H30F2N6O2/c1-20(21-6-4-3-5-7-21)34-14-16-35(17-15-34)25(37)19-32-27-26(33-24-18-31-12-13-36(24)27)22-8-10-23(11-9-22)38-28(2,29)30/h3-13,18,20,32H,14-17,19H2,1-2H3. The topological polar surface area (TPSA) is 75.0 Å². The summed E-state index contributed by atoms with van der Waals surface area (Å²) in [4.78, 5) is 26.2. The molecule has 2 aromatic heterocycles. The Labute approximate surface area is 219 Å². The van der Waals surface area contributed by atoms with Crippen LogP contribution in [0.2, 0.25) is 0 Å². The van der Waals surface area contributed by atoms with E-state index in [0.29, 0.717) is 48.8 Å². The third-order valence-electron chi connectivity index (χ3n) is 6.76. The number of rotatable bonds is 8. The van der Waals surface area contributed by atoms with Crippen molar-refractivity contribution in [2.45, 2.75) is 26.0 Å². The van der Waals surface area contributed by atoms with Gasteiger partial charge >= 0.3 is 6.11 Å². The number of aromatic nitrogens is 3. The first kappa shape index (κ1) is 25.6. The first-order valence-corrected chi connectivity index (χ1v) is 12.6. The second-order valence-corrected chi connectivity index (χ2v) is 9.40. The maximum absolute atomic E-state index is 13.2. The molecule has 1 atom stereocenters. The molecule has 1 fully saturated rings. The molecule has 1 saturated heterocycles. The molecule has 4 aromatic rings. The van der Waals surface area contributed by atoms with Crippen molar-refractivity contribution in [2.75, 3.05) is 38.0 Å². The van der Waals surface area contributed by atoms with Crippen molar-refractivity contribution in [3.8, 4) is 17.0 Å². The third-order valence-corrected chi connectivity index (χ3v) is 6.76. The van der Waals surface area contributed by atoms with E-state index >= 15 is 0 Å². The van der Waals surface area contributed by atoms with Crippen LogP contribution in [0.5, 0.6) is 5.75 Å². The SMILES string of the molecule is CC(c1ccccc1)N1CCN(C(=O)CNc2c(-c3ccc(OC(C)(F)F)cc3)nc3cnccn23)CC1. The van der Waals surface area contributed by atoms with E-state index in [4.69, 9.17) is 0 Å². The van der Waals surface area contributed by atoms with Gasteiger partial charge in [-0.25, -0.2) is 4.98 Å². The van der Waals surface area contributed by atoms with Gasteiger partial charge in [-0.15, -0.1) is 0 Å². The highest BCUT2D eigenvalue weighted by atomic mass is 19.3. The lowest BCUT2D eigenvalue weighted by Gasteiger charge is -2.38. The number of carbonyl (C=O) groups is 1. The van der Waals surface area contributed by atoms with E-state index < -0.39 is 6.11 Å². The average molecular weight is 521 g/mol. The van der Waals surface area contributed by atoms with Crippen LogP contribution in [0.4, 0.5) is 14.6 Å². The van der Waals surface area contributed by atoms with E-state index in [1.54, 1.807) is 30.7 Å². The Kier molecular flexibility index (Phi) is 7.24. The van der Waals surface area contributed by atoms with Crippen LogP contribution in [-0.2, 0) is 4.79 Å². The molecule has 0 radical (unpaired) electrons. The maximum atomic E-state index is 13.2. The van der Waals surface area contributed by atoms with E-state index in [9.17, 15) is 13.6 Å². The number of benzene rings is 2. The smallest absolute Gasteiger partial charge is 0.394 e. The third kappa shape index (κ3) is 5.75. The Morgan fingerprint density at radius 1 is 1.08 bits per heavy atom. The molecule has 1 aliphatic rings. The zero-order valence-electron chi connectivity index (χ0n) is 21.3. The second kappa shape index (κ2) is 10.7. The van der Waals surface area contributed by atoms with Crippen molar-refractivity contribution in [3.05, 3.63) is 78.8 Å². The number of ether oxygens (including phenoxy) is 1. The predicted octanol–water partition coefficient (Wildman–Crippen LogP) is 4.71. The molecule has 1 N–H and O–H groups in total. The minimum Gasteiger partial charge on any atom is -0.433 e. The number of hydrogen-bond donors (Lipinski definition) is 1. The molecule has 0 aliphatic carbocycles. The van der Waals surface area contributed by atoms with Crippen LogP contribution in [0.1, 0.15) is 25.5 Å². The Morgan fingerprint density at radius 2 is 1.79 bits per heavy atom. The summed E-state index contributed by atoms with van der Waals surface area (Å²) in [5.41, 5.74) is 3.15. The summed E-state index contributed by atoms with van der Waals surface area (Å²) >= 11 is 0. The Balaban J connectivity index is 1.26. The van der Waals surface area contributed by atoms with E-state index in [1.807, 2.05) is 27.5 Å². The Morgan fingerprint density at radius 3 is 2.47 bits per heavy atom. The number of amides is 1. The molecule has 8 nitrogen and oxygen atoms in total. The molecular formula is C28H30F2N6O2. The van der Waals surface area contributed by atoms with Crippen molar-refractivity contribution in [2.24, 2.45) is 0 Å². The fraction of sp³-hybridized carbons (Fsp3) is 0.321. The highest BCUT2D eigenvalue weighted by molar-refractivity contribution is 5.84. The summed E-state index contributed by atoms with van der Waals surface area (Å²) in [5, 5.41) is 3.26. The number of hydrogen-bond acceptors (Lipinski definition) is 6. The molecular weight excluding hydrogens is 490 g/mol. The van der Waals surface area contributed by atoms with E-state index in [1.165, 1.54) is 17.7 Å². The molecule has 198 valence electrons. The van der Waals surface area contributed by atoms with Gasteiger partial charge in [0.25, 0.3) is 0 Å². The first-order chi connectivity index (χ1) is 18.3. The fourth-order valence-electron chi connectivity index (χ4n) is 4.74. The number of carbonyl (C=O) groups excluding carboxylic acids is 1. The number of piperazine rings is 1. The number of imidazole rings is 1. The summed E-state index contributed by atoms with van der Waals surface area (Å²) in [7, 11) is 0. The minimum absolute atomic E-state index is 0.000829. The van der Waals surface area contributed by atoms with Crippen LogP contribution in [-0.4, -0.2) is 68.9 Å². The maximum Gasteiger partial charge on any atom is 0.394 e. The van der Waals surface area contributed by atoms with Gasteiger partial charge in [0.1, 0.15) is 17.3 Å². The highest BCUT2D eigenvalue weighted by Gasteiger charge is 2.26. The molecule has 0 saturated carbocycles. The lowest BCUT2D eigenvalue weighted by atomic mass is 10.1. The highest BCUT2D eigenvalue weighted by Crippen LogP contribution is 2.31. The van der Waals surface area contributed by atoms with Gasteiger partial charge in [-0.3, -0.25) is 19.1 Å². The lowest BCUT2D eigenvalue weighted by molar-refractivity contribution is -0.158. The number of fused-ring (bicyclic) bond motifs is 1. The quantitative estimate of drug-likeness (QED) is 0.363. The number of nitrogens with zero attached hydrogens (tertiary/aromatic N) is 5. The van der Waals surface area contributed by atoms with Crippen molar-refractivity contribution >= 4 is 17.4 Å². The Hall–Kier alpha value is -4.05. The zero-order valence-corrected chi connectivity index (χ0v) is 21.3. The van der Waals surface area contributed by atoms with Gasteiger partial charge in [-0.2, -0.15) is 8.78 Å². The summed E-state index contributed by atoms with van der Waals surface area (Å²) in [6.45, 7) is 5.91. The van der Waals surface area contributed by atoms with Crippen LogP contribution in [0.3, 0.4) is 0 Å². The van der Waals surface area contributed by atoms with Gasteiger partial charge in [-0.05, 0) is 36.8 Å². The van der Waals surface area contributed by atoms with Crippen LogP contribution in [0, 0.1) is 0 Å². The summed E-state index contributed by atoms with van der Waals surface area (Å²) in [5.74, 6) is 0.680. The molecule has 1 amide bonds. The summed E-state index contributed by atoms with van der Waals surface area (Å²) in [6.07, 6.45) is 1.75. The molecule has 0 bridgehead atoms. The number of alkyl halides is 2. The van der Waals surface area contributed by atoms with Crippen molar-refractivity contribution in [1.29, 1.82) is 0 Å². The van der Waals surface area contributed by atoms with E-state index in [0.717, 1.165) is 13.1 Å². The lowest BCUT2D eigenvalue weighted by Crippen LogP contribution is -2.50. The van der Waals surface area contributed by atoms with Gasteiger partial charge < -0.3 is 15.0 Å². The second-order valence-electron chi connectivity index (χ2n) is 9.40. The number of halogens is 2. The van der Waals surface area contributed by atoms with Crippen LogP contribution < -0.4 is 10.1 Å². The van der Waals surface area contributed by atoms with E-state index in [2.05, 4.69) is 44.0 Å². The van der Waals surface area contributed by atoms with E-state index in [-0.39, 0.29) is 18.2 Å². The van der Waals surface area contributed by atoms with Crippen molar-refractivity contribution in [1.82, 2.24) is 24.2 Å². The molecule has 38 heavy (non-hydrogen) atoms. The molecule has 5 rings (SSSR count). The van der Waals surface area contributed by atoms with Gasteiger partial charge in [0.15, 0.2) is 5.65 Å². The van der Waals surface area contributed by atoms with Gasteiger partial charge in [-0.1, -0.05) is 30.3 Å². The molecule has 3 heterocycles. The Bertz CT molecular complexity index is 1380. The fourth-order valence-corrected chi connectivity index (χ4v) is 4.74.